The molecule has 0 aromatic rings. The summed E-state index contributed by atoms with van der Waals surface area (Å²) in [5, 5.41) is 9.14. The number of hydrogen-bond donors (Lipinski definition) is 1. The van der Waals surface area contributed by atoms with E-state index < -0.39 is 12.8 Å². The van der Waals surface area contributed by atoms with E-state index in [0.717, 1.165) is 13.1 Å². The van der Waals surface area contributed by atoms with E-state index >= 15 is 0 Å². The number of aliphatic hydroxyl groups is 1. The third kappa shape index (κ3) is 2.20. The summed E-state index contributed by atoms with van der Waals surface area (Å²) in [5.41, 5.74) is 0.678. The normalized spacial score (nSPS) is 29.1. The second kappa shape index (κ2) is 3.54. The lowest BCUT2D eigenvalue weighted by Gasteiger charge is -2.32. The first-order valence-corrected chi connectivity index (χ1v) is 5.20. The molecule has 1 atom stereocenters. The third-order valence-corrected chi connectivity index (χ3v) is 3.52. The van der Waals surface area contributed by atoms with Gasteiger partial charge in [0.2, 0.25) is 0 Å². The molecular weight excluding hydrogens is 169 g/mol. The lowest BCUT2D eigenvalue weighted by molar-refractivity contribution is 0.0690. The molecule has 1 saturated carbocycles. The minimum atomic E-state index is -0.770. The fourth-order valence-electron chi connectivity index (χ4n) is 2.23. The van der Waals surface area contributed by atoms with Crippen molar-refractivity contribution in [3.8, 4) is 0 Å². The molecule has 1 spiro atoms. The predicted octanol–water partition coefficient (Wildman–Crippen LogP) is 1.19. The Hall–Kier alpha value is -0.150. The number of halogens is 1. The second-order valence-corrected chi connectivity index (χ2v) is 4.61. The fraction of sp³-hybridized carbons (Fsp3) is 1.00. The summed E-state index contributed by atoms with van der Waals surface area (Å²) in [6.07, 6.45) is 4.53. The molecule has 0 amide bonds. The molecular formula is C10H18FNO. The highest BCUT2D eigenvalue weighted by atomic mass is 19.1. The second-order valence-electron chi connectivity index (χ2n) is 4.61. The maximum Gasteiger partial charge on any atom is 0.117 e. The van der Waals surface area contributed by atoms with Gasteiger partial charge < -0.3 is 10.0 Å². The molecule has 1 unspecified atom stereocenters. The molecule has 0 radical (unpaired) electrons. The Morgan fingerprint density at radius 3 is 2.31 bits per heavy atom. The van der Waals surface area contributed by atoms with E-state index in [0.29, 0.717) is 12.0 Å². The number of rotatable bonds is 3. The van der Waals surface area contributed by atoms with Crippen molar-refractivity contribution >= 4 is 0 Å². The summed E-state index contributed by atoms with van der Waals surface area (Å²) in [7, 11) is 0. The molecule has 1 aliphatic carbocycles. The van der Waals surface area contributed by atoms with Crippen molar-refractivity contribution in [2.24, 2.45) is 5.41 Å². The average Bonchev–Trinajstić information content (AvgIpc) is 2.90. The minimum Gasteiger partial charge on any atom is -0.389 e. The summed E-state index contributed by atoms with van der Waals surface area (Å²) < 4.78 is 12.0. The monoisotopic (exact) mass is 187 g/mol. The van der Waals surface area contributed by atoms with E-state index in [1.807, 2.05) is 0 Å². The Bertz CT molecular complexity index is 172. The molecule has 13 heavy (non-hydrogen) atoms. The highest BCUT2D eigenvalue weighted by molar-refractivity contribution is 4.96. The fourth-order valence-corrected chi connectivity index (χ4v) is 2.23. The molecule has 2 nitrogen and oxygen atoms in total. The lowest BCUT2D eigenvalue weighted by atomic mass is 9.93. The Morgan fingerprint density at radius 2 is 1.85 bits per heavy atom. The summed E-state index contributed by atoms with van der Waals surface area (Å²) in [6.45, 7) is 2.02. The van der Waals surface area contributed by atoms with Gasteiger partial charge in [-0.1, -0.05) is 0 Å². The van der Waals surface area contributed by atoms with Crippen molar-refractivity contribution in [2.45, 2.75) is 31.8 Å². The van der Waals surface area contributed by atoms with Crippen LogP contribution in [0.15, 0.2) is 0 Å². The van der Waals surface area contributed by atoms with Gasteiger partial charge in [-0.15, -0.1) is 0 Å². The maximum atomic E-state index is 12.0. The number of β-amino-alcohol motifs (C(OH)–C–C–N with tert-alkyl or cyclic N) is 1. The Balaban J connectivity index is 1.71. The summed E-state index contributed by atoms with van der Waals surface area (Å²) in [6, 6.07) is 0. The van der Waals surface area contributed by atoms with Crippen molar-refractivity contribution in [2.75, 3.05) is 26.3 Å². The van der Waals surface area contributed by atoms with Crippen LogP contribution in [-0.2, 0) is 0 Å². The zero-order chi connectivity index (χ0) is 9.31. The molecule has 1 heterocycles. The van der Waals surface area contributed by atoms with E-state index in [1.54, 1.807) is 0 Å². The van der Waals surface area contributed by atoms with E-state index in [2.05, 4.69) is 4.90 Å². The van der Waals surface area contributed by atoms with Crippen LogP contribution in [0.5, 0.6) is 0 Å². The van der Waals surface area contributed by atoms with Crippen LogP contribution in [0.4, 0.5) is 4.39 Å². The van der Waals surface area contributed by atoms with Crippen LogP contribution in [0.3, 0.4) is 0 Å². The maximum absolute atomic E-state index is 12.0. The molecule has 1 saturated heterocycles. The highest BCUT2D eigenvalue weighted by Crippen LogP contribution is 2.53. The Labute approximate surface area is 78.7 Å². The first kappa shape index (κ1) is 9.41. The molecule has 2 aliphatic rings. The quantitative estimate of drug-likeness (QED) is 0.717. The van der Waals surface area contributed by atoms with Crippen molar-refractivity contribution in [3.05, 3.63) is 0 Å². The van der Waals surface area contributed by atoms with Crippen LogP contribution in [0, 0.1) is 5.41 Å². The molecule has 0 aromatic carbocycles. The van der Waals surface area contributed by atoms with Gasteiger partial charge in [0.05, 0.1) is 6.10 Å². The number of likely N-dealkylation sites (tertiary alicyclic amines) is 1. The van der Waals surface area contributed by atoms with Crippen molar-refractivity contribution < 1.29 is 9.50 Å². The molecule has 0 aromatic heterocycles. The van der Waals surface area contributed by atoms with Crippen LogP contribution < -0.4 is 0 Å². The topological polar surface area (TPSA) is 23.5 Å². The molecule has 0 bridgehead atoms. The number of nitrogens with zero attached hydrogens (tertiary/aromatic N) is 1. The minimum absolute atomic E-state index is 0.520. The van der Waals surface area contributed by atoms with E-state index in [4.69, 9.17) is 5.11 Å². The van der Waals surface area contributed by atoms with E-state index in [9.17, 15) is 4.39 Å². The van der Waals surface area contributed by atoms with Crippen molar-refractivity contribution in [1.29, 1.82) is 0 Å². The first-order chi connectivity index (χ1) is 6.24. The summed E-state index contributed by atoms with van der Waals surface area (Å²) >= 11 is 0. The third-order valence-electron chi connectivity index (χ3n) is 3.52. The smallest absolute Gasteiger partial charge is 0.117 e. The molecule has 2 fully saturated rings. The van der Waals surface area contributed by atoms with Gasteiger partial charge in [-0.25, -0.2) is 4.39 Å². The molecule has 1 N–H and O–H groups in total. The van der Waals surface area contributed by atoms with Crippen molar-refractivity contribution in [1.82, 2.24) is 4.90 Å². The molecule has 1 aliphatic heterocycles. The number of hydrogen-bond acceptors (Lipinski definition) is 2. The largest absolute Gasteiger partial charge is 0.389 e. The van der Waals surface area contributed by atoms with Gasteiger partial charge in [0.25, 0.3) is 0 Å². The first-order valence-electron chi connectivity index (χ1n) is 5.20. The van der Waals surface area contributed by atoms with Gasteiger partial charge in [0.1, 0.15) is 6.67 Å². The van der Waals surface area contributed by atoms with Gasteiger partial charge in [0.15, 0.2) is 0 Å². The van der Waals surface area contributed by atoms with Crippen LogP contribution >= 0.6 is 0 Å². The Morgan fingerprint density at radius 1 is 1.23 bits per heavy atom. The summed E-state index contributed by atoms with van der Waals surface area (Å²) in [5.74, 6) is 0. The number of piperidine rings is 1. The summed E-state index contributed by atoms with van der Waals surface area (Å²) in [4.78, 5) is 2.19. The van der Waals surface area contributed by atoms with Gasteiger partial charge in [-0.3, -0.25) is 0 Å². The molecule has 2 rings (SSSR count). The van der Waals surface area contributed by atoms with E-state index in [-0.39, 0.29) is 0 Å². The molecule has 3 heteroatoms. The van der Waals surface area contributed by atoms with Crippen LogP contribution in [-0.4, -0.2) is 42.4 Å². The van der Waals surface area contributed by atoms with Crippen LogP contribution in [0.1, 0.15) is 25.7 Å². The average molecular weight is 187 g/mol. The zero-order valence-corrected chi connectivity index (χ0v) is 8.01. The number of alkyl halides is 1. The standard InChI is InChI=1S/C10H18FNO/c11-7-9(13)8-12-5-3-10(1-2-10)4-6-12/h9,13H,1-8H2. The molecule has 76 valence electrons. The van der Waals surface area contributed by atoms with Crippen molar-refractivity contribution in [3.63, 3.8) is 0 Å². The number of aliphatic hydroxyl groups excluding tert-OH is 1. The van der Waals surface area contributed by atoms with Crippen LogP contribution in [0.2, 0.25) is 0 Å². The SMILES string of the molecule is OC(CF)CN1CCC2(CC1)CC2. The van der Waals surface area contributed by atoms with Gasteiger partial charge in [-0.05, 0) is 44.2 Å². The Kier molecular flexibility index (Phi) is 2.56. The lowest BCUT2D eigenvalue weighted by Crippen LogP contribution is -2.40. The van der Waals surface area contributed by atoms with Gasteiger partial charge in [0, 0.05) is 6.54 Å². The highest BCUT2D eigenvalue weighted by Gasteiger charge is 2.44. The zero-order valence-electron chi connectivity index (χ0n) is 8.01. The predicted molar refractivity (Wildman–Crippen MR) is 49.3 cm³/mol. The van der Waals surface area contributed by atoms with Gasteiger partial charge in [-0.2, -0.15) is 0 Å². The van der Waals surface area contributed by atoms with E-state index in [1.165, 1.54) is 25.7 Å². The van der Waals surface area contributed by atoms with Crippen LogP contribution in [0.25, 0.3) is 0 Å². The van der Waals surface area contributed by atoms with Gasteiger partial charge >= 0.3 is 0 Å².